The number of amides is 2. The standard InChI is InChI=1S/C17H22N6O/c1-3-19-17(24)23-10-8-22(9-11-23)15-12-13(2)20-16(21-15)14-4-6-18-7-5-14/h4-7,12H,3,8-11H2,1-2H3,(H,19,24). The number of piperazine rings is 1. The van der Waals surface area contributed by atoms with Crippen molar-refractivity contribution in [3.05, 3.63) is 36.3 Å². The van der Waals surface area contributed by atoms with E-state index in [0.717, 1.165) is 30.2 Å². The summed E-state index contributed by atoms with van der Waals surface area (Å²) in [6.07, 6.45) is 3.48. The third kappa shape index (κ3) is 3.61. The number of carbonyl (C=O) groups excluding carboxylic acids is 1. The molecule has 2 amide bonds. The summed E-state index contributed by atoms with van der Waals surface area (Å²) < 4.78 is 0. The Morgan fingerprint density at radius 3 is 2.54 bits per heavy atom. The number of nitrogens with zero attached hydrogens (tertiary/aromatic N) is 5. The Morgan fingerprint density at radius 2 is 1.88 bits per heavy atom. The lowest BCUT2D eigenvalue weighted by Crippen LogP contribution is -2.52. The van der Waals surface area contributed by atoms with Crippen molar-refractivity contribution in [2.75, 3.05) is 37.6 Å². The maximum Gasteiger partial charge on any atom is 0.317 e. The summed E-state index contributed by atoms with van der Waals surface area (Å²) in [7, 11) is 0. The average Bonchev–Trinajstić information content (AvgIpc) is 2.62. The predicted molar refractivity (Wildman–Crippen MR) is 92.9 cm³/mol. The van der Waals surface area contributed by atoms with Gasteiger partial charge in [0.1, 0.15) is 5.82 Å². The lowest BCUT2D eigenvalue weighted by molar-refractivity contribution is 0.195. The summed E-state index contributed by atoms with van der Waals surface area (Å²) in [6, 6.07) is 5.82. The summed E-state index contributed by atoms with van der Waals surface area (Å²) in [4.78, 5) is 29.2. The van der Waals surface area contributed by atoms with Gasteiger partial charge in [0.15, 0.2) is 5.82 Å². The molecule has 2 aromatic heterocycles. The molecule has 7 nitrogen and oxygen atoms in total. The van der Waals surface area contributed by atoms with Crippen molar-refractivity contribution in [3.63, 3.8) is 0 Å². The van der Waals surface area contributed by atoms with Crippen LogP contribution in [0.5, 0.6) is 0 Å². The van der Waals surface area contributed by atoms with E-state index in [1.165, 1.54) is 0 Å². The zero-order valence-electron chi connectivity index (χ0n) is 14.1. The topological polar surface area (TPSA) is 74.2 Å². The van der Waals surface area contributed by atoms with E-state index >= 15 is 0 Å². The fraction of sp³-hybridized carbons (Fsp3) is 0.412. The van der Waals surface area contributed by atoms with Gasteiger partial charge in [-0.2, -0.15) is 0 Å². The fourth-order valence-electron chi connectivity index (χ4n) is 2.75. The second-order valence-corrected chi connectivity index (χ2v) is 5.74. The molecule has 1 N–H and O–H groups in total. The largest absolute Gasteiger partial charge is 0.353 e. The SMILES string of the molecule is CCNC(=O)N1CCN(c2cc(C)nc(-c3ccncc3)n2)CC1. The molecule has 2 aromatic rings. The summed E-state index contributed by atoms with van der Waals surface area (Å²) >= 11 is 0. The molecule has 0 unspecified atom stereocenters. The summed E-state index contributed by atoms with van der Waals surface area (Å²) in [5.41, 5.74) is 1.88. The van der Waals surface area contributed by atoms with Crippen LogP contribution in [0.15, 0.2) is 30.6 Å². The van der Waals surface area contributed by atoms with E-state index in [1.54, 1.807) is 12.4 Å². The smallest absolute Gasteiger partial charge is 0.317 e. The van der Waals surface area contributed by atoms with Crippen LogP contribution >= 0.6 is 0 Å². The first-order chi connectivity index (χ1) is 11.7. The zero-order valence-corrected chi connectivity index (χ0v) is 14.1. The number of hydrogen-bond acceptors (Lipinski definition) is 5. The highest BCUT2D eigenvalue weighted by molar-refractivity contribution is 5.74. The second-order valence-electron chi connectivity index (χ2n) is 5.74. The number of aryl methyl sites for hydroxylation is 1. The normalized spacial score (nSPS) is 14.6. The average molecular weight is 326 g/mol. The number of hydrogen-bond donors (Lipinski definition) is 1. The van der Waals surface area contributed by atoms with Crippen LogP contribution in [0.4, 0.5) is 10.6 Å². The van der Waals surface area contributed by atoms with Gasteiger partial charge in [-0.15, -0.1) is 0 Å². The molecule has 0 aliphatic carbocycles. The molecule has 1 fully saturated rings. The van der Waals surface area contributed by atoms with Crippen molar-refractivity contribution < 1.29 is 4.79 Å². The molecule has 3 heterocycles. The molecule has 3 rings (SSSR count). The summed E-state index contributed by atoms with van der Waals surface area (Å²) in [5.74, 6) is 1.61. The van der Waals surface area contributed by atoms with Gasteiger partial charge >= 0.3 is 6.03 Å². The quantitative estimate of drug-likeness (QED) is 0.929. The first-order valence-corrected chi connectivity index (χ1v) is 8.21. The van der Waals surface area contributed by atoms with Crippen molar-refractivity contribution in [2.45, 2.75) is 13.8 Å². The van der Waals surface area contributed by atoms with Gasteiger partial charge in [0, 0.05) is 62.4 Å². The van der Waals surface area contributed by atoms with Crippen LogP contribution in [0.3, 0.4) is 0 Å². The van der Waals surface area contributed by atoms with E-state index in [2.05, 4.69) is 20.2 Å². The van der Waals surface area contributed by atoms with Gasteiger partial charge in [-0.05, 0) is 26.0 Å². The van der Waals surface area contributed by atoms with Crippen molar-refractivity contribution in [1.82, 2.24) is 25.2 Å². The van der Waals surface area contributed by atoms with Gasteiger partial charge < -0.3 is 15.1 Å². The number of urea groups is 1. The maximum absolute atomic E-state index is 11.9. The highest BCUT2D eigenvalue weighted by Crippen LogP contribution is 2.20. The molecule has 1 aliphatic rings. The van der Waals surface area contributed by atoms with E-state index in [9.17, 15) is 4.79 Å². The van der Waals surface area contributed by atoms with E-state index in [-0.39, 0.29) is 6.03 Å². The molecular weight excluding hydrogens is 304 g/mol. The van der Waals surface area contributed by atoms with Gasteiger partial charge in [0.25, 0.3) is 0 Å². The Labute approximate surface area is 141 Å². The summed E-state index contributed by atoms with van der Waals surface area (Å²) in [6.45, 7) is 7.48. The molecule has 0 bridgehead atoms. The van der Waals surface area contributed by atoms with Gasteiger partial charge in [0.2, 0.25) is 0 Å². The lowest BCUT2D eigenvalue weighted by Gasteiger charge is -2.35. The molecule has 0 aromatic carbocycles. The third-order valence-electron chi connectivity index (χ3n) is 4.00. The van der Waals surface area contributed by atoms with Crippen LogP contribution < -0.4 is 10.2 Å². The van der Waals surface area contributed by atoms with E-state index < -0.39 is 0 Å². The van der Waals surface area contributed by atoms with Crippen LogP contribution in [0.1, 0.15) is 12.6 Å². The highest BCUT2D eigenvalue weighted by atomic mass is 16.2. The van der Waals surface area contributed by atoms with Crippen LogP contribution in [-0.2, 0) is 0 Å². The number of pyridine rings is 1. The first kappa shape index (κ1) is 16.2. The molecule has 24 heavy (non-hydrogen) atoms. The Bertz CT molecular complexity index is 697. The van der Waals surface area contributed by atoms with Crippen molar-refractivity contribution >= 4 is 11.8 Å². The molecule has 0 saturated carbocycles. The molecule has 7 heteroatoms. The second kappa shape index (κ2) is 7.25. The monoisotopic (exact) mass is 326 g/mol. The van der Waals surface area contributed by atoms with E-state index in [1.807, 2.05) is 36.9 Å². The maximum atomic E-state index is 11.9. The molecular formula is C17H22N6O. The third-order valence-corrected chi connectivity index (χ3v) is 4.00. The minimum Gasteiger partial charge on any atom is -0.353 e. The highest BCUT2D eigenvalue weighted by Gasteiger charge is 2.22. The van der Waals surface area contributed by atoms with Crippen molar-refractivity contribution in [1.29, 1.82) is 0 Å². The zero-order chi connectivity index (χ0) is 16.9. The molecule has 0 radical (unpaired) electrons. The molecule has 0 atom stereocenters. The van der Waals surface area contributed by atoms with Crippen LogP contribution in [-0.4, -0.2) is 58.6 Å². The number of aromatic nitrogens is 3. The number of nitrogens with one attached hydrogen (secondary N) is 1. The van der Waals surface area contributed by atoms with Gasteiger partial charge in [-0.1, -0.05) is 0 Å². The molecule has 1 aliphatic heterocycles. The number of rotatable bonds is 3. The van der Waals surface area contributed by atoms with E-state index in [4.69, 9.17) is 4.98 Å². The molecule has 126 valence electrons. The van der Waals surface area contributed by atoms with Crippen LogP contribution in [0.25, 0.3) is 11.4 Å². The minimum absolute atomic E-state index is 0.00786. The van der Waals surface area contributed by atoms with Crippen molar-refractivity contribution in [2.24, 2.45) is 0 Å². The van der Waals surface area contributed by atoms with E-state index in [0.29, 0.717) is 25.5 Å². The lowest BCUT2D eigenvalue weighted by atomic mass is 10.2. The number of carbonyl (C=O) groups is 1. The minimum atomic E-state index is 0.00786. The first-order valence-electron chi connectivity index (χ1n) is 8.21. The Balaban J connectivity index is 1.74. The van der Waals surface area contributed by atoms with Crippen molar-refractivity contribution in [3.8, 4) is 11.4 Å². The Morgan fingerprint density at radius 1 is 1.17 bits per heavy atom. The fourth-order valence-corrected chi connectivity index (χ4v) is 2.75. The van der Waals surface area contributed by atoms with Crippen LogP contribution in [0, 0.1) is 6.92 Å². The van der Waals surface area contributed by atoms with Gasteiger partial charge in [-0.25, -0.2) is 14.8 Å². The number of anilines is 1. The van der Waals surface area contributed by atoms with Crippen LogP contribution in [0.2, 0.25) is 0 Å². The Kier molecular flexibility index (Phi) is 4.88. The van der Waals surface area contributed by atoms with Gasteiger partial charge in [-0.3, -0.25) is 4.98 Å². The predicted octanol–water partition coefficient (Wildman–Crippen LogP) is 1.70. The summed E-state index contributed by atoms with van der Waals surface area (Å²) in [5, 5.41) is 2.85. The molecule has 1 saturated heterocycles. The van der Waals surface area contributed by atoms with Gasteiger partial charge in [0.05, 0.1) is 0 Å². The molecule has 0 spiro atoms. The Hall–Kier alpha value is -2.70.